The third-order valence-corrected chi connectivity index (χ3v) is 4.74. The van der Waals surface area contributed by atoms with E-state index in [9.17, 15) is 9.59 Å². The van der Waals surface area contributed by atoms with Crippen LogP contribution >= 0.6 is 0 Å². The molecule has 1 N–H and O–H groups in total. The van der Waals surface area contributed by atoms with E-state index < -0.39 is 11.5 Å². The summed E-state index contributed by atoms with van der Waals surface area (Å²) in [7, 11) is 0. The quantitative estimate of drug-likeness (QED) is 0.497. The lowest BCUT2D eigenvalue weighted by Crippen LogP contribution is -2.30. The summed E-state index contributed by atoms with van der Waals surface area (Å²) in [5, 5.41) is 17.0. The third-order valence-electron chi connectivity index (χ3n) is 4.74. The van der Waals surface area contributed by atoms with Gasteiger partial charge < -0.3 is 9.84 Å². The lowest BCUT2D eigenvalue weighted by molar-refractivity contribution is -0.117. The van der Waals surface area contributed by atoms with E-state index in [0.29, 0.717) is 17.0 Å². The molecule has 0 aliphatic heterocycles. The van der Waals surface area contributed by atoms with Gasteiger partial charge in [-0.2, -0.15) is 10.2 Å². The Bertz CT molecular complexity index is 1460. The molecule has 0 fully saturated rings. The molecule has 0 bridgehead atoms. The van der Waals surface area contributed by atoms with Gasteiger partial charge in [-0.05, 0) is 23.8 Å². The van der Waals surface area contributed by atoms with Crippen molar-refractivity contribution in [3.05, 3.63) is 77.0 Å². The van der Waals surface area contributed by atoms with Gasteiger partial charge in [-0.15, -0.1) is 0 Å². The lowest BCUT2D eigenvalue weighted by atomic mass is 10.0. The highest BCUT2D eigenvalue weighted by Gasteiger charge is 2.14. The Morgan fingerprint density at radius 2 is 1.97 bits per heavy atom. The second-order valence-electron chi connectivity index (χ2n) is 6.85. The smallest absolute Gasteiger partial charge is 0.293 e. The molecule has 3 heterocycles. The summed E-state index contributed by atoms with van der Waals surface area (Å²) in [6.45, 7) is 1.46. The van der Waals surface area contributed by atoms with Crippen molar-refractivity contribution in [1.29, 1.82) is 0 Å². The lowest BCUT2D eigenvalue weighted by Gasteiger charge is -2.04. The zero-order chi connectivity index (χ0) is 20.7. The second-order valence-corrected chi connectivity index (χ2v) is 6.85. The first-order valence-electron chi connectivity index (χ1n) is 9.25. The fourth-order valence-corrected chi connectivity index (χ4v) is 3.37. The number of hydrogen-bond acceptors (Lipinski definition) is 6. The highest BCUT2D eigenvalue weighted by atomic mass is 16.5. The number of nitrogens with one attached hydrogen (secondary N) is 1. The maximum atomic E-state index is 12.9. The molecule has 0 saturated carbocycles. The minimum Gasteiger partial charge on any atom is -0.360 e. The molecule has 0 radical (unpaired) electrons. The average molecular weight is 400 g/mol. The molecular weight excluding hydrogens is 384 g/mol. The van der Waals surface area contributed by atoms with Gasteiger partial charge in [0.05, 0.1) is 5.69 Å². The van der Waals surface area contributed by atoms with Crippen LogP contribution in [0.1, 0.15) is 5.76 Å². The standard InChI is InChI=1S/C21H16N6O3/c1-13-9-19(25-30-13)23-20(28)11-26-21(29)18-10-17(24-27(18)12-22-26)16-8-4-6-14-5-2-3-7-15(14)16/h2-10,12H,11H2,1H3,(H,23,25,28). The maximum absolute atomic E-state index is 12.9. The van der Waals surface area contributed by atoms with Gasteiger partial charge in [-0.3, -0.25) is 9.59 Å². The maximum Gasteiger partial charge on any atom is 0.293 e. The molecule has 2 aromatic carbocycles. The minimum atomic E-state index is -0.434. The minimum absolute atomic E-state index is 0.254. The Balaban J connectivity index is 1.49. The first-order chi connectivity index (χ1) is 14.6. The number of amides is 1. The number of aromatic nitrogens is 5. The van der Waals surface area contributed by atoms with Gasteiger partial charge in [0.1, 0.15) is 24.1 Å². The van der Waals surface area contributed by atoms with Crippen molar-refractivity contribution in [2.24, 2.45) is 0 Å². The summed E-state index contributed by atoms with van der Waals surface area (Å²) in [5.41, 5.74) is 1.49. The van der Waals surface area contributed by atoms with Crippen LogP contribution in [0.4, 0.5) is 5.82 Å². The number of fused-ring (bicyclic) bond motifs is 2. The van der Waals surface area contributed by atoms with E-state index in [1.54, 1.807) is 19.1 Å². The summed E-state index contributed by atoms with van der Waals surface area (Å²) < 4.78 is 7.43. The third kappa shape index (κ3) is 3.12. The molecule has 30 heavy (non-hydrogen) atoms. The van der Waals surface area contributed by atoms with Crippen molar-refractivity contribution in [3.63, 3.8) is 0 Å². The van der Waals surface area contributed by atoms with Crippen LogP contribution in [0.15, 0.2) is 70.2 Å². The van der Waals surface area contributed by atoms with Crippen molar-refractivity contribution < 1.29 is 9.32 Å². The molecule has 0 unspecified atom stereocenters. The van der Waals surface area contributed by atoms with Crippen LogP contribution in [-0.2, 0) is 11.3 Å². The average Bonchev–Trinajstić information content (AvgIpc) is 3.36. The summed E-state index contributed by atoms with van der Waals surface area (Å²) in [4.78, 5) is 25.1. The van der Waals surface area contributed by atoms with Crippen LogP contribution in [0.25, 0.3) is 27.5 Å². The number of rotatable bonds is 4. The Labute approximate surface area is 169 Å². The molecule has 0 saturated heterocycles. The summed E-state index contributed by atoms with van der Waals surface area (Å²) in [6.07, 6.45) is 1.42. The van der Waals surface area contributed by atoms with Gasteiger partial charge in [-0.1, -0.05) is 47.6 Å². The molecule has 0 aliphatic rings. The van der Waals surface area contributed by atoms with Gasteiger partial charge in [-0.25, -0.2) is 9.20 Å². The fourth-order valence-electron chi connectivity index (χ4n) is 3.37. The van der Waals surface area contributed by atoms with E-state index in [1.807, 2.05) is 42.5 Å². The summed E-state index contributed by atoms with van der Waals surface area (Å²) >= 11 is 0. The van der Waals surface area contributed by atoms with Gasteiger partial charge in [0.25, 0.3) is 5.56 Å². The van der Waals surface area contributed by atoms with Gasteiger partial charge in [0.2, 0.25) is 5.91 Å². The van der Waals surface area contributed by atoms with Crippen molar-refractivity contribution in [2.75, 3.05) is 5.32 Å². The van der Waals surface area contributed by atoms with Crippen LogP contribution in [0, 0.1) is 6.92 Å². The van der Waals surface area contributed by atoms with Crippen LogP contribution < -0.4 is 10.9 Å². The molecule has 1 amide bonds. The van der Waals surface area contributed by atoms with Crippen molar-refractivity contribution in [3.8, 4) is 11.3 Å². The zero-order valence-corrected chi connectivity index (χ0v) is 15.9. The normalized spacial score (nSPS) is 11.2. The van der Waals surface area contributed by atoms with Crippen molar-refractivity contribution >= 4 is 28.0 Å². The van der Waals surface area contributed by atoms with E-state index in [1.165, 1.54) is 10.8 Å². The molecular formula is C21H16N6O3. The molecule has 0 atom stereocenters. The van der Waals surface area contributed by atoms with Crippen molar-refractivity contribution in [1.82, 2.24) is 24.6 Å². The molecule has 5 rings (SSSR count). The summed E-state index contributed by atoms with van der Waals surface area (Å²) in [6, 6.07) is 17.2. The molecule has 9 heteroatoms. The van der Waals surface area contributed by atoms with E-state index in [4.69, 9.17) is 4.52 Å². The van der Waals surface area contributed by atoms with Crippen LogP contribution in [0.5, 0.6) is 0 Å². The Morgan fingerprint density at radius 3 is 2.80 bits per heavy atom. The monoisotopic (exact) mass is 400 g/mol. The Kier molecular flexibility index (Phi) is 4.13. The Morgan fingerprint density at radius 1 is 1.13 bits per heavy atom. The predicted molar refractivity (Wildman–Crippen MR) is 110 cm³/mol. The first kappa shape index (κ1) is 17.8. The van der Waals surface area contributed by atoms with Gasteiger partial charge in [0, 0.05) is 11.6 Å². The number of hydrogen-bond donors (Lipinski definition) is 1. The topological polar surface area (TPSA) is 107 Å². The molecule has 9 nitrogen and oxygen atoms in total. The van der Waals surface area contributed by atoms with Gasteiger partial charge in [0.15, 0.2) is 5.82 Å². The SMILES string of the molecule is Cc1cc(NC(=O)Cn2ncn3nc(-c4cccc5ccccc45)cc3c2=O)no1. The predicted octanol–water partition coefficient (Wildman–Crippen LogP) is 2.65. The second kappa shape index (κ2) is 6.96. The van der Waals surface area contributed by atoms with E-state index in [-0.39, 0.29) is 12.4 Å². The van der Waals surface area contributed by atoms with E-state index in [2.05, 4.69) is 20.7 Å². The highest BCUT2D eigenvalue weighted by Crippen LogP contribution is 2.27. The zero-order valence-electron chi connectivity index (χ0n) is 15.9. The van der Waals surface area contributed by atoms with Crippen LogP contribution in [0.2, 0.25) is 0 Å². The fraction of sp³-hybridized carbons (Fsp3) is 0.0952. The van der Waals surface area contributed by atoms with Crippen LogP contribution in [0.3, 0.4) is 0 Å². The molecule has 3 aromatic heterocycles. The largest absolute Gasteiger partial charge is 0.360 e. The number of carbonyl (C=O) groups excluding carboxylic acids is 1. The number of benzene rings is 2. The van der Waals surface area contributed by atoms with Crippen molar-refractivity contribution in [2.45, 2.75) is 13.5 Å². The number of nitrogens with zero attached hydrogens (tertiary/aromatic N) is 5. The number of anilines is 1. The van der Waals surface area contributed by atoms with E-state index in [0.717, 1.165) is 21.0 Å². The first-order valence-corrected chi connectivity index (χ1v) is 9.25. The summed E-state index contributed by atoms with van der Waals surface area (Å²) in [5.74, 6) is 0.424. The van der Waals surface area contributed by atoms with E-state index >= 15 is 0 Å². The highest BCUT2D eigenvalue weighted by molar-refractivity contribution is 5.96. The van der Waals surface area contributed by atoms with Crippen LogP contribution in [-0.4, -0.2) is 30.5 Å². The molecule has 0 aliphatic carbocycles. The number of carbonyl (C=O) groups is 1. The van der Waals surface area contributed by atoms with Gasteiger partial charge >= 0.3 is 0 Å². The molecule has 148 valence electrons. The molecule has 5 aromatic rings. The Hall–Kier alpha value is -4.27. The number of aryl methyl sites for hydroxylation is 1. The molecule has 0 spiro atoms.